The van der Waals surface area contributed by atoms with Gasteiger partial charge >= 0.3 is 0 Å². The highest BCUT2D eigenvalue weighted by atomic mass is 16.5. The normalized spacial score (nSPS) is 33.0. The maximum Gasteiger partial charge on any atom is 0.250 e. The average molecular weight is 354 g/mol. The van der Waals surface area contributed by atoms with E-state index in [2.05, 4.69) is 43.6 Å². The van der Waals surface area contributed by atoms with Gasteiger partial charge in [0.15, 0.2) is 0 Å². The van der Waals surface area contributed by atoms with Crippen LogP contribution in [0.5, 0.6) is 0 Å². The molecule has 4 heterocycles. The second kappa shape index (κ2) is 6.55. The minimum absolute atomic E-state index is 0.0687. The predicted molar refractivity (Wildman–Crippen MR) is 103 cm³/mol. The highest BCUT2D eigenvalue weighted by Crippen LogP contribution is 2.36. The fraction of sp³-hybridized carbons (Fsp3) is 0.682. The van der Waals surface area contributed by atoms with E-state index in [1.54, 1.807) is 6.07 Å². The third kappa shape index (κ3) is 3.61. The third-order valence-electron chi connectivity index (χ3n) is 6.15. The van der Waals surface area contributed by atoms with Gasteiger partial charge < -0.3 is 9.30 Å². The summed E-state index contributed by atoms with van der Waals surface area (Å²) >= 11 is 0. The number of fused-ring (bicyclic) bond motifs is 4. The maximum absolute atomic E-state index is 12.1. The second-order valence-corrected chi connectivity index (χ2v) is 9.14. The number of ether oxygens (including phenoxy) is 1. The Bertz CT molecular complexity index is 800. The van der Waals surface area contributed by atoms with E-state index in [1.807, 2.05) is 10.6 Å². The summed E-state index contributed by atoms with van der Waals surface area (Å²) in [5.74, 6) is 7.85. The first-order valence-corrected chi connectivity index (χ1v) is 9.96. The Morgan fingerprint density at radius 3 is 2.85 bits per heavy atom. The first-order chi connectivity index (χ1) is 12.3. The van der Waals surface area contributed by atoms with E-state index >= 15 is 0 Å². The van der Waals surface area contributed by atoms with Crippen LogP contribution in [0.3, 0.4) is 0 Å². The topological polar surface area (TPSA) is 34.5 Å². The quantitative estimate of drug-likeness (QED) is 0.727. The minimum Gasteiger partial charge on any atom is -0.357 e. The van der Waals surface area contributed by atoms with Crippen molar-refractivity contribution in [2.75, 3.05) is 19.6 Å². The molecule has 0 aromatic carbocycles. The van der Waals surface area contributed by atoms with Crippen molar-refractivity contribution >= 4 is 0 Å². The van der Waals surface area contributed by atoms with Gasteiger partial charge in [-0.2, -0.15) is 0 Å². The summed E-state index contributed by atoms with van der Waals surface area (Å²) in [6.45, 7) is 10.1. The van der Waals surface area contributed by atoms with E-state index in [0.717, 1.165) is 39.0 Å². The summed E-state index contributed by atoms with van der Waals surface area (Å²) in [5, 5.41) is 0. The number of hydrogen-bond donors (Lipinski definition) is 0. The van der Waals surface area contributed by atoms with Crippen LogP contribution < -0.4 is 5.56 Å². The van der Waals surface area contributed by atoms with Crippen molar-refractivity contribution in [1.82, 2.24) is 9.47 Å². The zero-order valence-electron chi connectivity index (χ0n) is 16.3. The van der Waals surface area contributed by atoms with E-state index < -0.39 is 0 Å². The van der Waals surface area contributed by atoms with Crippen LogP contribution in [0.4, 0.5) is 0 Å². The zero-order valence-corrected chi connectivity index (χ0v) is 16.3. The van der Waals surface area contributed by atoms with E-state index in [1.165, 1.54) is 18.5 Å². The van der Waals surface area contributed by atoms with E-state index in [-0.39, 0.29) is 16.8 Å². The maximum atomic E-state index is 12.1. The van der Waals surface area contributed by atoms with Crippen LogP contribution in [0, 0.1) is 17.8 Å². The van der Waals surface area contributed by atoms with Crippen LogP contribution in [0.1, 0.15) is 58.1 Å². The lowest BCUT2D eigenvalue weighted by molar-refractivity contribution is -0.135. The Kier molecular flexibility index (Phi) is 4.49. The van der Waals surface area contributed by atoms with Gasteiger partial charge in [-0.3, -0.25) is 9.69 Å². The van der Waals surface area contributed by atoms with Gasteiger partial charge in [0, 0.05) is 37.3 Å². The first kappa shape index (κ1) is 17.8. The number of likely N-dealkylation sites (tertiary alicyclic amines) is 1. The van der Waals surface area contributed by atoms with Crippen LogP contribution in [-0.2, 0) is 11.3 Å². The predicted octanol–water partition coefficient (Wildman–Crippen LogP) is 3.01. The lowest BCUT2D eigenvalue weighted by Crippen LogP contribution is -2.47. The van der Waals surface area contributed by atoms with Crippen LogP contribution in [0.25, 0.3) is 0 Å². The molecule has 4 heteroatoms. The van der Waals surface area contributed by atoms with Gasteiger partial charge in [-0.05, 0) is 58.4 Å². The summed E-state index contributed by atoms with van der Waals surface area (Å²) in [6, 6.07) is 5.70. The molecule has 0 spiro atoms. The number of nitrogens with zero attached hydrogens (tertiary/aromatic N) is 2. The third-order valence-corrected chi connectivity index (χ3v) is 6.15. The van der Waals surface area contributed by atoms with Crippen LogP contribution in [-0.4, -0.2) is 40.3 Å². The lowest BCUT2D eigenvalue weighted by Gasteiger charge is -2.42. The molecular formula is C22H30N2O2. The van der Waals surface area contributed by atoms with Crippen molar-refractivity contribution in [3.05, 3.63) is 34.2 Å². The Morgan fingerprint density at radius 2 is 2.04 bits per heavy atom. The molecule has 0 saturated carbocycles. The Labute approximate surface area is 156 Å². The molecule has 2 bridgehead atoms. The number of hydrogen-bond acceptors (Lipinski definition) is 3. The lowest BCUT2D eigenvalue weighted by atomic mass is 9.83. The van der Waals surface area contributed by atoms with Crippen molar-refractivity contribution in [2.24, 2.45) is 5.92 Å². The fourth-order valence-corrected chi connectivity index (χ4v) is 5.11. The summed E-state index contributed by atoms with van der Waals surface area (Å²) in [5.41, 5.74) is 0.972. The molecular weight excluding hydrogens is 324 g/mol. The zero-order chi connectivity index (χ0) is 18.4. The van der Waals surface area contributed by atoms with Gasteiger partial charge in [0.05, 0.1) is 12.1 Å². The van der Waals surface area contributed by atoms with Gasteiger partial charge in [-0.25, -0.2) is 0 Å². The van der Waals surface area contributed by atoms with Crippen molar-refractivity contribution in [1.29, 1.82) is 0 Å². The molecule has 0 aliphatic carbocycles. The number of rotatable bonds is 1. The van der Waals surface area contributed by atoms with Crippen LogP contribution >= 0.6 is 0 Å². The summed E-state index contributed by atoms with van der Waals surface area (Å²) in [4.78, 5) is 14.6. The van der Waals surface area contributed by atoms with Gasteiger partial charge in [0.1, 0.15) is 5.60 Å². The molecule has 3 aliphatic rings. The molecule has 4 rings (SSSR count). The molecule has 140 valence electrons. The van der Waals surface area contributed by atoms with Gasteiger partial charge in [-0.15, -0.1) is 0 Å². The fourth-order valence-electron chi connectivity index (χ4n) is 5.11. The van der Waals surface area contributed by atoms with E-state index in [4.69, 9.17) is 4.74 Å². The molecule has 2 saturated heterocycles. The molecule has 0 radical (unpaired) electrons. The standard InChI is InChI=1S/C22H30N2O2/c1-21(2)9-5-10-22(3,26-21)11-6-12-23-14-17-13-18(16-23)19-7-4-8-20(25)24(19)15-17/h4,7-8,17-18H,5,9-10,12-16H2,1-3H3. The monoisotopic (exact) mass is 354 g/mol. The molecule has 4 nitrogen and oxygen atoms in total. The van der Waals surface area contributed by atoms with E-state index in [0.29, 0.717) is 11.8 Å². The molecule has 1 aromatic heterocycles. The molecule has 1 aromatic rings. The van der Waals surface area contributed by atoms with Crippen molar-refractivity contribution < 1.29 is 4.74 Å². The highest BCUT2D eigenvalue weighted by molar-refractivity contribution is 5.19. The van der Waals surface area contributed by atoms with Gasteiger partial charge in [0.2, 0.25) is 0 Å². The van der Waals surface area contributed by atoms with Crippen molar-refractivity contribution in [2.45, 2.75) is 70.1 Å². The summed E-state index contributed by atoms with van der Waals surface area (Å²) in [7, 11) is 0. The average Bonchev–Trinajstić information content (AvgIpc) is 2.54. The van der Waals surface area contributed by atoms with Crippen molar-refractivity contribution in [3.63, 3.8) is 0 Å². The Morgan fingerprint density at radius 1 is 1.19 bits per heavy atom. The molecule has 0 amide bonds. The first-order valence-electron chi connectivity index (χ1n) is 9.96. The molecule has 3 unspecified atom stereocenters. The number of pyridine rings is 1. The Balaban J connectivity index is 1.44. The smallest absolute Gasteiger partial charge is 0.250 e. The molecule has 3 atom stereocenters. The summed E-state index contributed by atoms with van der Waals surface area (Å²) < 4.78 is 8.24. The van der Waals surface area contributed by atoms with Gasteiger partial charge in [0.25, 0.3) is 5.56 Å². The van der Waals surface area contributed by atoms with Crippen LogP contribution in [0.15, 0.2) is 23.0 Å². The highest BCUT2D eigenvalue weighted by Gasteiger charge is 2.36. The molecule has 0 N–H and O–H groups in total. The molecule has 3 aliphatic heterocycles. The number of aromatic nitrogens is 1. The van der Waals surface area contributed by atoms with Crippen LogP contribution in [0.2, 0.25) is 0 Å². The minimum atomic E-state index is -0.312. The second-order valence-electron chi connectivity index (χ2n) is 9.14. The summed E-state index contributed by atoms with van der Waals surface area (Å²) in [6.07, 6.45) is 4.50. The molecule has 26 heavy (non-hydrogen) atoms. The number of piperidine rings is 1. The van der Waals surface area contributed by atoms with Crippen molar-refractivity contribution in [3.8, 4) is 11.8 Å². The largest absolute Gasteiger partial charge is 0.357 e. The Hall–Kier alpha value is -1.57. The van der Waals surface area contributed by atoms with E-state index in [9.17, 15) is 4.79 Å². The molecule has 2 fully saturated rings. The van der Waals surface area contributed by atoms with Gasteiger partial charge in [-0.1, -0.05) is 17.9 Å². The SMILES string of the molecule is CC1(C)CCCC(C)(C#CCN2CC3CC(C2)c2cccc(=O)n2C3)O1.